The van der Waals surface area contributed by atoms with Gasteiger partial charge in [0.05, 0.1) is 17.2 Å². The van der Waals surface area contributed by atoms with Crippen molar-refractivity contribution in [1.29, 1.82) is 0 Å². The maximum Gasteiger partial charge on any atom is 0.343 e. The van der Waals surface area contributed by atoms with E-state index < -0.39 is 11.9 Å². The summed E-state index contributed by atoms with van der Waals surface area (Å²) < 4.78 is 16.2. The summed E-state index contributed by atoms with van der Waals surface area (Å²) in [5.41, 5.74) is 1.99. The number of benzene rings is 2. The van der Waals surface area contributed by atoms with Gasteiger partial charge in [0.15, 0.2) is 0 Å². The van der Waals surface area contributed by atoms with Gasteiger partial charge in [0.25, 0.3) is 0 Å². The second-order valence-electron chi connectivity index (χ2n) is 5.51. The third-order valence-corrected chi connectivity index (χ3v) is 4.25. The van der Waals surface area contributed by atoms with Crippen molar-refractivity contribution in [2.24, 2.45) is 0 Å². The van der Waals surface area contributed by atoms with Gasteiger partial charge in [0.2, 0.25) is 0 Å². The summed E-state index contributed by atoms with van der Waals surface area (Å²) in [4.78, 5) is 23.2. The molecule has 0 aliphatic carbocycles. The number of carbonyl (C=O) groups is 2. The number of ether oxygens (including phenoxy) is 3. The normalized spacial score (nSPS) is 14.8. The van der Waals surface area contributed by atoms with Crippen molar-refractivity contribution >= 4 is 39.7 Å². The van der Waals surface area contributed by atoms with Crippen LogP contribution in [-0.4, -0.2) is 19.0 Å². The first-order valence-electron chi connectivity index (χ1n) is 7.74. The number of hydrogen-bond donors (Lipinski definition) is 0. The third kappa shape index (κ3) is 4.03. The van der Waals surface area contributed by atoms with Gasteiger partial charge >= 0.3 is 11.9 Å². The van der Waals surface area contributed by atoms with Gasteiger partial charge in [-0.2, -0.15) is 0 Å². The molecule has 0 unspecified atom stereocenters. The van der Waals surface area contributed by atoms with Crippen LogP contribution in [0, 0.1) is 0 Å². The summed E-state index contributed by atoms with van der Waals surface area (Å²) in [6, 6.07) is 12.4. The zero-order chi connectivity index (χ0) is 18.7. The highest BCUT2D eigenvalue weighted by molar-refractivity contribution is 9.10. The van der Waals surface area contributed by atoms with Gasteiger partial charge in [0.1, 0.15) is 17.3 Å². The molecule has 0 bridgehead atoms. The minimum Gasteiger partial charge on any atom is -0.497 e. The molecule has 0 N–H and O–H groups in total. The molecule has 1 aliphatic heterocycles. The van der Waals surface area contributed by atoms with Crippen LogP contribution >= 0.6 is 15.9 Å². The van der Waals surface area contributed by atoms with E-state index in [2.05, 4.69) is 15.9 Å². The maximum absolute atomic E-state index is 12.1. The largest absolute Gasteiger partial charge is 0.497 e. The van der Waals surface area contributed by atoms with Crippen molar-refractivity contribution in [2.75, 3.05) is 7.11 Å². The Morgan fingerprint density at radius 2 is 1.88 bits per heavy atom. The first-order valence-corrected chi connectivity index (χ1v) is 8.53. The Morgan fingerprint density at radius 1 is 1.15 bits per heavy atom. The molecule has 0 saturated carbocycles. The van der Waals surface area contributed by atoms with Crippen LogP contribution in [0.4, 0.5) is 0 Å². The third-order valence-electron chi connectivity index (χ3n) is 3.63. The van der Waals surface area contributed by atoms with Gasteiger partial charge in [-0.15, -0.1) is 0 Å². The Hall–Kier alpha value is -2.86. The summed E-state index contributed by atoms with van der Waals surface area (Å²) in [6.45, 7) is 1.34. The highest BCUT2D eigenvalue weighted by Crippen LogP contribution is 2.31. The molecule has 0 aromatic heterocycles. The molecule has 0 fully saturated rings. The van der Waals surface area contributed by atoms with E-state index in [0.717, 1.165) is 16.9 Å². The van der Waals surface area contributed by atoms with E-state index in [1.54, 1.807) is 49.6 Å². The minimum absolute atomic E-state index is 0.400. The van der Waals surface area contributed by atoms with Gasteiger partial charge in [-0.25, -0.2) is 4.79 Å². The summed E-state index contributed by atoms with van der Waals surface area (Å²) in [6.07, 6.45) is 3.40. The van der Waals surface area contributed by atoms with E-state index in [0.29, 0.717) is 21.6 Å². The predicted molar refractivity (Wildman–Crippen MR) is 100 cm³/mol. The highest BCUT2D eigenvalue weighted by atomic mass is 79.9. The van der Waals surface area contributed by atoms with Crippen LogP contribution in [0.5, 0.6) is 11.5 Å². The van der Waals surface area contributed by atoms with Crippen LogP contribution in [0.2, 0.25) is 0 Å². The second-order valence-corrected chi connectivity index (χ2v) is 6.36. The quantitative estimate of drug-likeness (QED) is 0.422. The lowest BCUT2D eigenvalue weighted by Gasteiger charge is -2.05. The lowest BCUT2D eigenvalue weighted by molar-refractivity contribution is -0.132. The summed E-state index contributed by atoms with van der Waals surface area (Å²) >= 11 is 3.35. The van der Waals surface area contributed by atoms with Crippen molar-refractivity contribution in [3.05, 3.63) is 69.7 Å². The predicted octanol–water partition coefficient (Wildman–Crippen LogP) is 4.36. The number of hydrogen-bond acceptors (Lipinski definition) is 5. The molecule has 26 heavy (non-hydrogen) atoms. The van der Waals surface area contributed by atoms with E-state index >= 15 is 0 Å². The van der Waals surface area contributed by atoms with E-state index in [-0.39, 0.29) is 0 Å². The fourth-order valence-electron chi connectivity index (χ4n) is 2.41. The minimum atomic E-state index is -0.420. The number of rotatable bonds is 4. The number of carbonyl (C=O) groups excluding carboxylic acids is 2. The summed E-state index contributed by atoms with van der Waals surface area (Å²) in [7, 11) is 1.59. The van der Waals surface area contributed by atoms with Gasteiger partial charge in [-0.3, -0.25) is 4.79 Å². The Balaban J connectivity index is 1.86. The van der Waals surface area contributed by atoms with Crippen LogP contribution < -0.4 is 9.47 Å². The van der Waals surface area contributed by atoms with Gasteiger partial charge in [-0.1, -0.05) is 6.07 Å². The van der Waals surface area contributed by atoms with Crippen molar-refractivity contribution in [3.8, 4) is 11.5 Å². The SMILES string of the molecule is COc1ccc(C2=C/C(=C\c3ccc(OC(C)=O)c(Br)c3)C(=O)O2)cc1. The van der Waals surface area contributed by atoms with Crippen LogP contribution in [0.3, 0.4) is 0 Å². The fraction of sp³-hybridized carbons (Fsp3) is 0.100. The average Bonchev–Trinajstić information content (AvgIpc) is 2.98. The molecule has 2 aromatic rings. The van der Waals surface area contributed by atoms with E-state index in [4.69, 9.17) is 14.2 Å². The summed E-state index contributed by atoms with van der Waals surface area (Å²) in [5, 5.41) is 0. The molecule has 0 spiro atoms. The Labute approximate surface area is 159 Å². The first-order chi connectivity index (χ1) is 12.5. The Kier molecular flexibility index (Phi) is 5.23. The van der Waals surface area contributed by atoms with Crippen LogP contribution in [0.25, 0.3) is 11.8 Å². The molecule has 6 heteroatoms. The Morgan fingerprint density at radius 3 is 2.50 bits per heavy atom. The molecule has 0 atom stereocenters. The molecular formula is C20H15BrO5. The zero-order valence-electron chi connectivity index (χ0n) is 14.1. The molecular weight excluding hydrogens is 400 g/mol. The monoisotopic (exact) mass is 414 g/mol. The number of esters is 2. The first kappa shape index (κ1) is 17.9. The van der Waals surface area contributed by atoms with Gasteiger partial charge in [0, 0.05) is 12.5 Å². The maximum atomic E-state index is 12.1. The van der Waals surface area contributed by atoms with Crippen molar-refractivity contribution in [1.82, 2.24) is 0 Å². The van der Waals surface area contributed by atoms with Crippen LogP contribution in [0.1, 0.15) is 18.1 Å². The molecule has 3 rings (SSSR count). The van der Waals surface area contributed by atoms with Crippen molar-refractivity contribution in [2.45, 2.75) is 6.92 Å². The fourth-order valence-corrected chi connectivity index (χ4v) is 2.89. The topological polar surface area (TPSA) is 61.8 Å². The standard InChI is InChI=1S/C20H15BrO5/c1-12(22)25-18-8-3-13(10-17(18)21)9-15-11-19(26-20(15)23)14-4-6-16(24-2)7-5-14/h3-11H,1-2H3/b15-9+. The molecule has 0 amide bonds. The molecule has 2 aromatic carbocycles. The van der Waals surface area contributed by atoms with E-state index in [1.807, 2.05) is 12.1 Å². The van der Waals surface area contributed by atoms with Crippen molar-refractivity contribution in [3.63, 3.8) is 0 Å². The highest BCUT2D eigenvalue weighted by Gasteiger charge is 2.22. The molecule has 5 nitrogen and oxygen atoms in total. The average molecular weight is 415 g/mol. The van der Waals surface area contributed by atoms with E-state index in [1.165, 1.54) is 6.92 Å². The number of halogens is 1. The molecule has 0 radical (unpaired) electrons. The second kappa shape index (κ2) is 7.58. The molecule has 1 aliphatic rings. The van der Waals surface area contributed by atoms with Gasteiger partial charge in [-0.05, 0) is 70.0 Å². The summed E-state index contributed by atoms with van der Waals surface area (Å²) in [5.74, 6) is 0.814. The number of cyclic esters (lactones) is 1. The molecule has 0 saturated heterocycles. The smallest absolute Gasteiger partial charge is 0.343 e. The number of methoxy groups -OCH3 is 1. The van der Waals surface area contributed by atoms with Crippen molar-refractivity contribution < 1.29 is 23.8 Å². The van der Waals surface area contributed by atoms with Gasteiger partial charge < -0.3 is 14.2 Å². The van der Waals surface area contributed by atoms with Crippen LogP contribution in [0.15, 0.2) is 58.6 Å². The molecule has 132 valence electrons. The zero-order valence-corrected chi connectivity index (χ0v) is 15.7. The molecule has 1 heterocycles. The lowest BCUT2D eigenvalue weighted by atomic mass is 10.1. The Bertz CT molecular complexity index is 926. The van der Waals surface area contributed by atoms with E-state index in [9.17, 15) is 9.59 Å². The lowest BCUT2D eigenvalue weighted by Crippen LogP contribution is -2.02. The van der Waals surface area contributed by atoms with Crippen LogP contribution in [-0.2, 0) is 14.3 Å².